The molecule has 4 rings (SSSR count). The van der Waals surface area contributed by atoms with Gasteiger partial charge in [-0.25, -0.2) is 4.39 Å². The maximum Gasteiger partial charge on any atom is 0.125 e. The van der Waals surface area contributed by atoms with Crippen molar-refractivity contribution in [2.75, 3.05) is 11.1 Å². The number of nitrogens with two attached hydrogens (primary N) is 1. The summed E-state index contributed by atoms with van der Waals surface area (Å²) in [6, 6.07) is 5.25. The van der Waals surface area contributed by atoms with E-state index >= 15 is 0 Å². The predicted molar refractivity (Wildman–Crippen MR) is 66.0 cm³/mol. The summed E-state index contributed by atoms with van der Waals surface area (Å²) in [7, 11) is 0. The molecule has 90 valence electrons. The van der Waals surface area contributed by atoms with Crippen molar-refractivity contribution < 1.29 is 4.39 Å². The Bertz CT molecular complexity index is 457. The van der Waals surface area contributed by atoms with E-state index in [4.69, 9.17) is 5.73 Å². The number of rotatable bonds is 2. The van der Waals surface area contributed by atoms with Crippen LogP contribution in [0.1, 0.15) is 19.3 Å². The topological polar surface area (TPSA) is 38.0 Å². The zero-order valence-electron chi connectivity index (χ0n) is 9.70. The van der Waals surface area contributed by atoms with Gasteiger partial charge >= 0.3 is 0 Å². The van der Waals surface area contributed by atoms with Crippen molar-refractivity contribution in [3.8, 4) is 0 Å². The number of benzene rings is 1. The largest absolute Gasteiger partial charge is 0.397 e. The van der Waals surface area contributed by atoms with Crippen molar-refractivity contribution in [2.24, 2.45) is 23.7 Å². The number of halogens is 1. The number of anilines is 2. The molecule has 3 fully saturated rings. The fourth-order valence-electron chi connectivity index (χ4n) is 4.36. The maximum atomic E-state index is 13.0. The number of hydrogen-bond donors (Lipinski definition) is 2. The molecule has 3 N–H and O–H groups in total. The zero-order valence-corrected chi connectivity index (χ0v) is 9.70. The molecule has 17 heavy (non-hydrogen) atoms. The molecular formula is C14H17FN2. The highest BCUT2D eigenvalue weighted by Crippen LogP contribution is 2.66. The lowest BCUT2D eigenvalue weighted by atomic mass is 10.0. The van der Waals surface area contributed by atoms with E-state index in [1.807, 2.05) is 0 Å². The molecule has 0 aromatic heterocycles. The van der Waals surface area contributed by atoms with Gasteiger partial charge in [0.15, 0.2) is 0 Å². The molecule has 4 atom stereocenters. The standard InChI is InChI=1S/C14H17FN2/c15-9-3-4-11(10(16)6-9)17-14-12-7-1-2-8(5-7)13(12)14/h3-4,6-8,12-14,17H,1-2,5,16H2. The minimum Gasteiger partial charge on any atom is -0.397 e. The van der Waals surface area contributed by atoms with Crippen molar-refractivity contribution >= 4 is 11.4 Å². The summed E-state index contributed by atoms with van der Waals surface area (Å²) in [6.45, 7) is 0. The molecule has 0 aliphatic heterocycles. The molecular weight excluding hydrogens is 215 g/mol. The number of hydrogen-bond acceptors (Lipinski definition) is 2. The summed E-state index contributed by atoms with van der Waals surface area (Å²) >= 11 is 0. The minimum absolute atomic E-state index is 0.260. The van der Waals surface area contributed by atoms with E-state index in [9.17, 15) is 4.39 Å². The molecule has 0 saturated heterocycles. The second kappa shape index (κ2) is 3.15. The van der Waals surface area contributed by atoms with Crippen LogP contribution in [0.2, 0.25) is 0 Å². The predicted octanol–water partition coefficient (Wildman–Crippen LogP) is 2.86. The molecule has 0 spiro atoms. The van der Waals surface area contributed by atoms with Crippen LogP contribution < -0.4 is 11.1 Å². The normalized spacial score (nSPS) is 41.4. The Balaban J connectivity index is 1.52. The molecule has 2 nitrogen and oxygen atoms in total. The molecule has 3 saturated carbocycles. The van der Waals surface area contributed by atoms with Crippen LogP contribution in [-0.2, 0) is 0 Å². The van der Waals surface area contributed by atoms with Crippen LogP contribution in [0, 0.1) is 29.5 Å². The fourth-order valence-corrected chi connectivity index (χ4v) is 4.36. The van der Waals surface area contributed by atoms with E-state index in [2.05, 4.69) is 5.32 Å². The van der Waals surface area contributed by atoms with Gasteiger partial charge in [0.1, 0.15) is 5.82 Å². The number of nitrogen functional groups attached to an aromatic ring is 1. The van der Waals surface area contributed by atoms with Gasteiger partial charge in [-0.15, -0.1) is 0 Å². The van der Waals surface area contributed by atoms with Crippen LogP contribution >= 0.6 is 0 Å². The molecule has 0 radical (unpaired) electrons. The van der Waals surface area contributed by atoms with Gasteiger partial charge < -0.3 is 11.1 Å². The van der Waals surface area contributed by atoms with Gasteiger partial charge in [-0.05, 0) is 61.1 Å². The first-order valence-electron chi connectivity index (χ1n) is 6.55. The lowest BCUT2D eigenvalue weighted by Crippen LogP contribution is -2.13. The van der Waals surface area contributed by atoms with E-state index in [0.29, 0.717) is 11.7 Å². The highest BCUT2D eigenvalue weighted by molar-refractivity contribution is 5.67. The van der Waals surface area contributed by atoms with Crippen LogP contribution in [-0.4, -0.2) is 6.04 Å². The fraction of sp³-hybridized carbons (Fsp3) is 0.571. The first-order valence-corrected chi connectivity index (χ1v) is 6.55. The first kappa shape index (κ1) is 9.75. The van der Waals surface area contributed by atoms with Gasteiger partial charge in [0.05, 0.1) is 11.4 Å². The molecule has 1 aromatic carbocycles. The molecule has 1 aromatic rings. The van der Waals surface area contributed by atoms with Crippen molar-refractivity contribution in [3.63, 3.8) is 0 Å². The third-order valence-corrected chi connectivity index (χ3v) is 5.07. The van der Waals surface area contributed by atoms with Crippen LogP contribution in [0.15, 0.2) is 18.2 Å². The Morgan fingerprint density at radius 1 is 1.18 bits per heavy atom. The highest BCUT2D eigenvalue weighted by Gasteiger charge is 2.65. The van der Waals surface area contributed by atoms with Gasteiger partial charge in [0.2, 0.25) is 0 Å². The highest BCUT2D eigenvalue weighted by atomic mass is 19.1. The third-order valence-electron chi connectivity index (χ3n) is 5.07. The third kappa shape index (κ3) is 1.31. The smallest absolute Gasteiger partial charge is 0.125 e. The summed E-state index contributed by atoms with van der Waals surface area (Å²) in [4.78, 5) is 0. The summed E-state index contributed by atoms with van der Waals surface area (Å²) in [5.74, 6) is 3.38. The Labute approximate surface area is 100 Å². The molecule has 3 aliphatic carbocycles. The van der Waals surface area contributed by atoms with Crippen LogP contribution in [0.5, 0.6) is 0 Å². The molecule has 4 unspecified atom stereocenters. The zero-order chi connectivity index (χ0) is 11.6. The minimum atomic E-state index is -0.260. The van der Waals surface area contributed by atoms with E-state index in [-0.39, 0.29) is 5.82 Å². The van der Waals surface area contributed by atoms with E-state index in [1.54, 1.807) is 6.07 Å². The summed E-state index contributed by atoms with van der Waals surface area (Å²) < 4.78 is 13.0. The quantitative estimate of drug-likeness (QED) is 0.769. The molecule has 0 heterocycles. The van der Waals surface area contributed by atoms with Crippen molar-refractivity contribution in [1.82, 2.24) is 0 Å². The Hall–Kier alpha value is -1.25. The second-order valence-corrected chi connectivity index (χ2v) is 5.89. The van der Waals surface area contributed by atoms with Crippen LogP contribution in [0.3, 0.4) is 0 Å². The van der Waals surface area contributed by atoms with Gasteiger partial charge in [-0.3, -0.25) is 0 Å². The van der Waals surface area contributed by atoms with E-state index < -0.39 is 0 Å². The van der Waals surface area contributed by atoms with Crippen LogP contribution in [0.25, 0.3) is 0 Å². The monoisotopic (exact) mass is 232 g/mol. The summed E-state index contributed by atoms with van der Waals surface area (Å²) in [5, 5.41) is 3.52. The van der Waals surface area contributed by atoms with Gasteiger partial charge in [0, 0.05) is 6.04 Å². The maximum absolute atomic E-state index is 13.0. The molecule has 3 aliphatic rings. The van der Waals surface area contributed by atoms with Crippen molar-refractivity contribution in [3.05, 3.63) is 24.0 Å². The Kier molecular flexibility index (Phi) is 1.81. The van der Waals surface area contributed by atoms with Gasteiger partial charge in [-0.2, -0.15) is 0 Å². The lowest BCUT2D eigenvalue weighted by molar-refractivity contribution is 0.456. The Morgan fingerprint density at radius 2 is 1.88 bits per heavy atom. The first-order chi connectivity index (χ1) is 8.24. The molecule has 2 bridgehead atoms. The molecule has 3 heteroatoms. The number of nitrogens with one attached hydrogen (secondary N) is 1. The lowest BCUT2D eigenvalue weighted by Gasteiger charge is -2.13. The van der Waals surface area contributed by atoms with E-state index in [1.165, 1.54) is 31.4 Å². The summed E-state index contributed by atoms with van der Waals surface area (Å²) in [6.07, 6.45) is 4.29. The van der Waals surface area contributed by atoms with Gasteiger partial charge in [-0.1, -0.05) is 0 Å². The Morgan fingerprint density at radius 3 is 2.53 bits per heavy atom. The van der Waals surface area contributed by atoms with Crippen LogP contribution in [0.4, 0.5) is 15.8 Å². The average molecular weight is 232 g/mol. The summed E-state index contributed by atoms with van der Waals surface area (Å²) in [5.41, 5.74) is 7.27. The number of fused-ring (bicyclic) bond motifs is 5. The van der Waals surface area contributed by atoms with Crippen molar-refractivity contribution in [2.45, 2.75) is 25.3 Å². The molecule has 0 amide bonds. The second-order valence-electron chi connectivity index (χ2n) is 5.89. The van der Waals surface area contributed by atoms with Crippen molar-refractivity contribution in [1.29, 1.82) is 0 Å². The van der Waals surface area contributed by atoms with E-state index in [0.717, 1.165) is 29.4 Å². The van der Waals surface area contributed by atoms with Gasteiger partial charge in [0.25, 0.3) is 0 Å². The average Bonchev–Trinajstić information content (AvgIpc) is 2.70. The SMILES string of the molecule is Nc1cc(F)ccc1NC1C2C3CCC(C3)C12.